The molecule has 2 heterocycles. The van der Waals surface area contributed by atoms with Gasteiger partial charge in [0.15, 0.2) is 0 Å². The van der Waals surface area contributed by atoms with Crippen molar-refractivity contribution in [1.29, 1.82) is 0 Å². The van der Waals surface area contributed by atoms with Gasteiger partial charge in [-0.15, -0.1) is 0 Å². The summed E-state index contributed by atoms with van der Waals surface area (Å²) in [5.74, 6) is -0.237. The molecular weight excluding hydrogens is 169 g/mol. The van der Waals surface area contributed by atoms with Gasteiger partial charge in [0.25, 0.3) is 0 Å². The Hall–Kier alpha value is -0.960. The lowest BCUT2D eigenvalue weighted by Gasteiger charge is -2.21. The molecule has 0 aromatic carbocycles. The van der Waals surface area contributed by atoms with Gasteiger partial charge in [-0.2, -0.15) is 0 Å². The van der Waals surface area contributed by atoms with Crippen LogP contribution in [0.2, 0.25) is 0 Å². The Labute approximate surface area is 76.7 Å². The Kier molecular flexibility index (Phi) is 2.54. The van der Waals surface area contributed by atoms with Crippen molar-refractivity contribution in [3.63, 3.8) is 0 Å². The van der Waals surface area contributed by atoms with E-state index in [-0.39, 0.29) is 11.9 Å². The zero-order valence-electron chi connectivity index (χ0n) is 7.37. The second-order valence-corrected chi connectivity index (χ2v) is 3.25. The van der Waals surface area contributed by atoms with E-state index in [0.29, 0.717) is 0 Å². The van der Waals surface area contributed by atoms with E-state index in [4.69, 9.17) is 4.74 Å². The molecule has 1 fully saturated rings. The van der Waals surface area contributed by atoms with Crippen molar-refractivity contribution in [2.45, 2.75) is 25.4 Å². The third-order valence-electron chi connectivity index (χ3n) is 2.25. The highest BCUT2D eigenvalue weighted by molar-refractivity contribution is 5.09. The fourth-order valence-electron chi connectivity index (χ4n) is 1.57. The van der Waals surface area contributed by atoms with Crippen molar-refractivity contribution >= 4 is 0 Å². The Morgan fingerprint density at radius 2 is 2.38 bits per heavy atom. The van der Waals surface area contributed by atoms with Gasteiger partial charge in [0, 0.05) is 12.8 Å². The lowest BCUT2D eigenvalue weighted by molar-refractivity contribution is 0.0121. The summed E-state index contributed by atoms with van der Waals surface area (Å²) in [6.07, 6.45) is 4.69. The molecule has 1 unspecified atom stereocenters. The number of rotatable bonds is 1. The first-order valence-corrected chi connectivity index (χ1v) is 4.59. The highest BCUT2D eigenvalue weighted by Gasteiger charge is 2.17. The van der Waals surface area contributed by atoms with Gasteiger partial charge in [-0.3, -0.25) is 4.98 Å². The summed E-state index contributed by atoms with van der Waals surface area (Å²) < 4.78 is 18.3. The number of hydrogen-bond acceptors (Lipinski definition) is 2. The van der Waals surface area contributed by atoms with Crippen molar-refractivity contribution in [2.75, 3.05) is 6.61 Å². The smallest absolute Gasteiger partial charge is 0.126 e. The van der Waals surface area contributed by atoms with Crippen LogP contribution in [-0.4, -0.2) is 11.6 Å². The highest BCUT2D eigenvalue weighted by atomic mass is 19.1. The van der Waals surface area contributed by atoms with Crippen LogP contribution in [-0.2, 0) is 4.74 Å². The molecule has 0 aliphatic carbocycles. The molecule has 2 nitrogen and oxygen atoms in total. The zero-order chi connectivity index (χ0) is 9.10. The minimum Gasteiger partial charge on any atom is -0.372 e. The van der Waals surface area contributed by atoms with Crippen molar-refractivity contribution < 1.29 is 9.13 Å². The van der Waals surface area contributed by atoms with Crippen LogP contribution in [0.5, 0.6) is 0 Å². The molecule has 0 spiro atoms. The molecule has 0 radical (unpaired) electrons. The van der Waals surface area contributed by atoms with Gasteiger partial charge in [0.2, 0.25) is 0 Å². The van der Waals surface area contributed by atoms with E-state index in [0.717, 1.165) is 31.6 Å². The minimum atomic E-state index is -0.237. The minimum absolute atomic E-state index is 0.00412. The molecule has 1 saturated heterocycles. The molecular formula is C10H12FNO. The number of ether oxygens (including phenoxy) is 1. The Morgan fingerprint density at radius 3 is 3.08 bits per heavy atom. The van der Waals surface area contributed by atoms with Gasteiger partial charge in [0.1, 0.15) is 5.82 Å². The topological polar surface area (TPSA) is 22.1 Å². The van der Waals surface area contributed by atoms with Gasteiger partial charge < -0.3 is 4.74 Å². The lowest BCUT2D eigenvalue weighted by atomic mass is 10.1. The normalized spacial score (nSPS) is 23.0. The van der Waals surface area contributed by atoms with E-state index in [1.807, 2.05) is 0 Å². The van der Waals surface area contributed by atoms with Crippen LogP contribution < -0.4 is 0 Å². The summed E-state index contributed by atoms with van der Waals surface area (Å²) in [4.78, 5) is 4.10. The molecule has 3 heteroatoms. The lowest BCUT2D eigenvalue weighted by Crippen LogP contribution is -2.12. The fourth-order valence-corrected chi connectivity index (χ4v) is 1.57. The van der Waals surface area contributed by atoms with Gasteiger partial charge in [-0.1, -0.05) is 0 Å². The number of nitrogens with zero attached hydrogens (tertiary/aromatic N) is 1. The van der Waals surface area contributed by atoms with Crippen LogP contribution in [0.3, 0.4) is 0 Å². The van der Waals surface area contributed by atoms with Crippen LogP contribution in [0, 0.1) is 5.82 Å². The summed E-state index contributed by atoms with van der Waals surface area (Å²) in [6, 6.07) is 2.81. The molecule has 1 aromatic rings. The SMILES string of the molecule is Fc1ccnc(C2CCCCO2)c1. The second-order valence-electron chi connectivity index (χ2n) is 3.25. The summed E-state index contributed by atoms with van der Waals surface area (Å²) in [6.45, 7) is 0.767. The number of hydrogen-bond donors (Lipinski definition) is 0. The van der Waals surface area contributed by atoms with Crippen molar-refractivity contribution in [1.82, 2.24) is 4.98 Å². The third-order valence-corrected chi connectivity index (χ3v) is 2.25. The maximum absolute atomic E-state index is 12.8. The van der Waals surface area contributed by atoms with Crippen molar-refractivity contribution in [3.05, 3.63) is 29.8 Å². The Balaban J connectivity index is 2.14. The van der Waals surface area contributed by atoms with Crippen LogP contribution >= 0.6 is 0 Å². The van der Waals surface area contributed by atoms with Crippen LogP contribution in [0.15, 0.2) is 18.3 Å². The Morgan fingerprint density at radius 1 is 1.46 bits per heavy atom. The first-order valence-electron chi connectivity index (χ1n) is 4.59. The fraction of sp³-hybridized carbons (Fsp3) is 0.500. The van der Waals surface area contributed by atoms with Gasteiger partial charge >= 0.3 is 0 Å². The first kappa shape index (κ1) is 8.63. The van der Waals surface area contributed by atoms with Gasteiger partial charge in [-0.25, -0.2) is 4.39 Å². The van der Waals surface area contributed by atoms with Crippen LogP contribution in [0.1, 0.15) is 31.1 Å². The molecule has 0 saturated carbocycles. The summed E-state index contributed by atoms with van der Waals surface area (Å²) in [7, 11) is 0. The molecule has 1 atom stereocenters. The third kappa shape index (κ3) is 2.04. The Bertz CT molecular complexity index is 284. The standard InChI is InChI=1S/C10H12FNO/c11-8-4-5-12-9(7-8)10-3-1-2-6-13-10/h4-5,7,10H,1-3,6H2. The average Bonchev–Trinajstić information content (AvgIpc) is 2.19. The average molecular weight is 181 g/mol. The van der Waals surface area contributed by atoms with Crippen LogP contribution in [0.4, 0.5) is 4.39 Å². The number of aromatic nitrogens is 1. The molecule has 0 amide bonds. The quantitative estimate of drug-likeness (QED) is 0.664. The molecule has 2 rings (SSSR count). The molecule has 13 heavy (non-hydrogen) atoms. The van der Waals surface area contributed by atoms with E-state index in [9.17, 15) is 4.39 Å². The maximum Gasteiger partial charge on any atom is 0.126 e. The first-order chi connectivity index (χ1) is 6.36. The van der Waals surface area contributed by atoms with E-state index in [2.05, 4.69) is 4.98 Å². The summed E-state index contributed by atoms with van der Waals surface area (Å²) in [5, 5.41) is 0. The molecule has 1 aromatic heterocycles. The maximum atomic E-state index is 12.8. The van der Waals surface area contributed by atoms with Crippen molar-refractivity contribution in [2.24, 2.45) is 0 Å². The summed E-state index contributed by atoms with van der Waals surface area (Å²) in [5.41, 5.74) is 0.722. The summed E-state index contributed by atoms with van der Waals surface area (Å²) >= 11 is 0. The van der Waals surface area contributed by atoms with E-state index < -0.39 is 0 Å². The monoisotopic (exact) mass is 181 g/mol. The second kappa shape index (κ2) is 3.83. The number of halogens is 1. The molecule has 0 bridgehead atoms. The highest BCUT2D eigenvalue weighted by Crippen LogP contribution is 2.26. The molecule has 0 N–H and O–H groups in total. The molecule has 1 aliphatic heterocycles. The van der Waals surface area contributed by atoms with Gasteiger partial charge in [0.05, 0.1) is 11.8 Å². The van der Waals surface area contributed by atoms with Crippen molar-refractivity contribution in [3.8, 4) is 0 Å². The predicted octanol–water partition coefficient (Wildman–Crippen LogP) is 2.46. The molecule has 70 valence electrons. The molecule has 1 aliphatic rings. The largest absolute Gasteiger partial charge is 0.372 e. The van der Waals surface area contributed by atoms with Crippen LogP contribution in [0.25, 0.3) is 0 Å². The van der Waals surface area contributed by atoms with E-state index in [1.165, 1.54) is 18.3 Å². The zero-order valence-corrected chi connectivity index (χ0v) is 7.37. The van der Waals surface area contributed by atoms with E-state index >= 15 is 0 Å². The predicted molar refractivity (Wildman–Crippen MR) is 46.7 cm³/mol. The number of pyridine rings is 1. The van der Waals surface area contributed by atoms with E-state index in [1.54, 1.807) is 0 Å². The van der Waals surface area contributed by atoms with Gasteiger partial charge in [-0.05, 0) is 31.4 Å².